The van der Waals surface area contributed by atoms with Gasteiger partial charge in [0.05, 0.1) is 22.6 Å². The van der Waals surface area contributed by atoms with Crippen molar-refractivity contribution in [1.82, 2.24) is 35.5 Å². The molecule has 5 rings (SSSR count). The summed E-state index contributed by atoms with van der Waals surface area (Å²) in [5, 5.41) is 15.5. The lowest BCUT2D eigenvalue weighted by Gasteiger charge is -2.17. The third-order valence-corrected chi connectivity index (χ3v) is 7.27. The molecule has 0 bridgehead atoms. The summed E-state index contributed by atoms with van der Waals surface area (Å²) in [6, 6.07) is 7.73. The van der Waals surface area contributed by atoms with Gasteiger partial charge in [-0.1, -0.05) is 12.1 Å². The van der Waals surface area contributed by atoms with Gasteiger partial charge in [0.1, 0.15) is 17.2 Å². The number of carbonyl (C=O) groups is 1. The molecule has 0 aliphatic heterocycles. The third kappa shape index (κ3) is 3.50. The van der Waals surface area contributed by atoms with Gasteiger partial charge < -0.3 is 10.3 Å². The SMILES string of the molecule is CSCC[C@H](NC(=O)c1c(-n2cnnn2)sc2c1CCC2)c1nc2ccccc2[nH]1. The summed E-state index contributed by atoms with van der Waals surface area (Å²) in [7, 11) is 0. The molecule has 1 aliphatic rings. The topological polar surface area (TPSA) is 101 Å². The highest BCUT2D eigenvalue weighted by Gasteiger charge is 2.30. The van der Waals surface area contributed by atoms with Gasteiger partial charge in [0.25, 0.3) is 5.91 Å². The molecule has 1 atom stereocenters. The molecule has 2 N–H and O–H groups in total. The number of aromatic amines is 1. The summed E-state index contributed by atoms with van der Waals surface area (Å²) in [4.78, 5) is 22.9. The summed E-state index contributed by atoms with van der Waals surface area (Å²) in [5.41, 5.74) is 3.71. The van der Waals surface area contributed by atoms with Gasteiger partial charge in [-0.2, -0.15) is 16.4 Å². The Labute approximate surface area is 181 Å². The predicted molar refractivity (Wildman–Crippen MR) is 118 cm³/mol. The fourth-order valence-corrected chi connectivity index (χ4v) is 5.69. The first-order valence-electron chi connectivity index (χ1n) is 9.87. The minimum absolute atomic E-state index is 0.0912. The monoisotopic (exact) mass is 439 g/mol. The van der Waals surface area contributed by atoms with Gasteiger partial charge >= 0.3 is 0 Å². The summed E-state index contributed by atoms with van der Waals surface area (Å²) in [6.07, 6.45) is 7.40. The van der Waals surface area contributed by atoms with Gasteiger partial charge in [0.2, 0.25) is 0 Å². The Morgan fingerprint density at radius 3 is 3.07 bits per heavy atom. The zero-order valence-electron chi connectivity index (χ0n) is 16.5. The van der Waals surface area contributed by atoms with Crippen molar-refractivity contribution in [3.63, 3.8) is 0 Å². The van der Waals surface area contributed by atoms with Gasteiger partial charge in [0.15, 0.2) is 0 Å². The minimum Gasteiger partial charge on any atom is -0.342 e. The van der Waals surface area contributed by atoms with E-state index in [4.69, 9.17) is 4.98 Å². The number of H-pyrrole nitrogens is 1. The van der Waals surface area contributed by atoms with Crippen molar-refractivity contribution in [2.75, 3.05) is 12.0 Å². The maximum Gasteiger partial charge on any atom is 0.255 e. The van der Waals surface area contributed by atoms with E-state index in [1.54, 1.807) is 34.1 Å². The minimum atomic E-state index is -0.198. The fraction of sp³-hybridized carbons (Fsp3) is 0.350. The predicted octanol–water partition coefficient (Wildman–Crippen LogP) is 3.31. The number of hydrogen-bond acceptors (Lipinski definition) is 7. The molecule has 4 aromatic rings. The highest BCUT2D eigenvalue weighted by Crippen LogP contribution is 2.37. The molecule has 154 valence electrons. The molecular formula is C20H21N7OS2. The number of nitrogens with one attached hydrogen (secondary N) is 2. The van der Waals surface area contributed by atoms with Crippen molar-refractivity contribution in [3.05, 3.63) is 52.4 Å². The molecule has 0 saturated heterocycles. The van der Waals surface area contributed by atoms with Crippen LogP contribution in [-0.2, 0) is 12.8 Å². The van der Waals surface area contributed by atoms with Crippen LogP contribution in [0.4, 0.5) is 0 Å². The molecule has 8 nitrogen and oxygen atoms in total. The summed E-state index contributed by atoms with van der Waals surface area (Å²) in [6.45, 7) is 0. The Hall–Kier alpha value is -2.72. The quantitative estimate of drug-likeness (QED) is 0.458. The highest BCUT2D eigenvalue weighted by molar-refractivity contribution is 7.98. The Balaban J connectivity index is 1.49. The van der Waals surface area contributed by atoms with Crippen LogP contribution in [0, 0.1) is 0 Å². The van der Waals surface area contributed by atoms with Crippen LogP contribution in [0.5, 0.6) is 0 Å². The van der Waals surface area contributed by atoms with Crippen molar-refractivity contribution in [2.45, 2.75) is 31.7 Å². The maximum absolute atomic E-state index is 13.5. The number of aryl methyl sites for hydroxylation is 1. The number of nitrogens with zero attached hydrogens (tertiary/aromatic N) is 5. The van der Waals surface area contributed by atoms with Crippen LogP contribution < -0.4 is 5.32 Å². The second kappa shape index (κ2) is 8.19. The zero-order valence-corrected chi connectivity index (χ0v) is 18.1. The number of carbonyl (C=O) groups excluding carboxylic acids is 1. The summed E-state index contributed by atoms with van der Waals surface area (Å²) < 4.78 is 1.59. The fourth-order valence-electron chi connectivity index (χ4n) is 3.92. The van der Waals surface area contributed by atoms with Crippen molar-refractivity contribution in [2.24, 2.45) is 0 Å². The number of thioether (sulfide) groups is 1. The van der Waals surface area contributed by atoms with Crippen LogP contribution in [0.15, 0.2) is 30.6 Å². The van der Waals surface area contributed by atoms with Crippen LogP contribution >= 0.6 is 23.1 Å². The molecule has 1 aliphatic carbocycles. The van der Waals surface area contributed by atoms with Crippen LogP contribution in [-0.4, -0.2) is 48.1 Å². The number of amides is 1. The maximum atomic E-state index is 13.5. The smallest absolute Gasteiger partial charge is 0.255 e. The van der Waals surface area contributed by atoms with Crippen molar-refractivity contribution in [3.8, 4) is 5.00 Å². The number of aromatic nitrogens is 6. The lowest BCUT2D eigenvalue weighted by atomic mass is 10.1. The Morgan fingerprint density at radius 2 is 2.27 bits per heavy atom. The molecule has 3 heterocycles. The van der Waals surface area contributed by atoms with E-state index in [1.807, 2.05) is 24.3 Å². The summed E-state index contributed by atoms with van der Waals surface area (Å²) >= 11 is 3.37. The van der Waals surface area contributed by atoms with Gasteiger partial charge in [-0.3, -0.25) is 4.79 Å². The molecular weight excluding hydrogens is 418 g/mol. The average molecular weight is 440 g/mol. The number of thiophene rings is 1. The standard InChI is InChI=1S/C20H21N7OS2/c1-29-10-9-15(18-22-13-6-2-3-7-14(13)23-18)24-19(28)17-12-5-4-8-16(12)30-20(17)27-11-21-25-26-27/h2-3,6-7,11,15H,4-5,8-10H2,1H3,(H,22,23)(H,24,28)/t15-/m0/s1. The van der Waals surface area contributed by atoms with E-state index in [1.165, 1.54) is 4.88 Å². The highest BCUT2D eigenvalue weighted by atomic mass is 32.2. The number of fused-ring (bicyclic) bond motifs is 2. The average Bonchev–Trinajstić information content (AvgIpc) is 3.52. The van der Waals surface area contributed by atoms with Crippen LogP contribution in [0.25, 0.3) is 16.0 Å². The van der Waals surface area contributed by atoms with Crippen LogP contribution in [0.3, 0.4) is 0 Å². The van der Waals surface area contributed by atoms with Gasteiger partial charge in [-0.05, 0) is 65.8 Å². The first-order chi connectivity index (χ1) is 14.7. The normalized spacial score (nSPS) is 14.2. The molecule has 3 aromatic heterocycles. The van der Waals surface area contributed by atoms with Crippen LogP contribution in [0.2, 0.25) is 0 Å². The van der Waals surface area contributed by atoms with Gasteiger partial charge in [-0.25, -0.2) is 4.98 Å². The zero-order chi connectivity index (χ0) is 20.5. The molecule has 1 amide bonds. The molecule has 0 saturated carbocycles. The first-order valence-corrected chi connectivity index (χ1v) is 12.1. The van der Waals surface area contributed by atoms with E-state index in [9.17, 15) is 4.79 Å². The molecule has 0 spiro atoms. The second-order valence-electron chi connectivity index (χ2n) is 7.24. The first kappa shape index (κ1) is 19.3. The van der Waals surface area contributed by atoms with Gasteiger partial charge in [0, 0.05) is 4.88 Å². The molecule has 30 heavy (non-hydrogen) atoms. The number of hydrogen-bond donors (Lipinski definition) is 2. The van der Waals surface area contributed by atoms with E-state index in [0.717, 1.165) is 58.9 Å². The van der Waals surface area contributed by atoms with Crippen LogP contribution in [0.1, 0.15) is 45.5 Å². The van der Waals surface area contributed by atoms with E-state index in [-0.39, 0.29) is 11.9 Å². The van der Waals surface area contributed by atoms with E-state index in [0.29, 0.717) is 5.56 Å². The number of tetrazole rings is 1. The number of rotatable bonds is 7. The Morgan fingerprint density at radius 1 is 1.37 bits per heavy atom. The third-order valence-electron chi connectivity index (χ3n) is 5.34. The van der Waals surface area contributed by atoms with Crippen molar-refractivity contribution >= 4 is 40.0 Å². The Bertz CT molecular complexity index is 1150. The second-order valence-corrected chi connectivity index (χ2v) is 9.31. The van der Waals surface area contributed by atoms with E-state index in [2.05, 4.69) is 32.1 Å². The lowest BCUT2D eigenvalue weighted by molar-refractivity contribution is 0.0933. The van der Waals surface area contributed by atoms with E-state index >= 15 is 0 Å². The molecule has 10 heteroatoms. The number of imidazole rings is 1. The van der Waals surface area contributed by atoms with Crippen molar-refractivity contribution < 1.29 is 4.79 Å². The van der Waals surface area contributed by atoms with E-state index < -0.39 is 0 Å². The number of para-hydroxylation sites is 2. The molecule has 0 fully saturated rings. The largest absolute Gasteiger partial charge is 0.342 e. The summed E-state index contributed by atoms with van der Waals surface area (Å²) in [5.74, 6) is 1.62. The Kier molecular flexibility index (Phi) is 5.26. The molecule has 1 aromatic carbocycles. The lowest BCUT2D eigenvalue weighted by Crippen LogP contribution is -2.31. The van der Waals surface area contributed by atoms with Gasteiger partial charge in [-0.15, -0.1) is 16.4 Å². The molecule has 0 unspecified atom stereocenters. The molecule has 0 radical (unpaired) electrons. The number of benzene rings is 1. The van der Waals surface area contributed by atoms with Crippen molar-refractivity contribution in [1.29, 1.82) is 0 Å².